The molecule has 124 valence electrons. The van der Waals surface area contributed by atoms with Crippen molar-refractivity contribution < 1.29 is 19.4 Å². The lowest BCUT2D eigenvalue weighted by atomic mass is 10.2. The van der Waals surface area contributed by atoms with Crippen LogP contribution in [0.4, 0.5) is 0 Å². The number of methoxy groups -OCH3 is 1. The first-order chi connectivity index (χ1) is 10.9. The summed E-state index contributed by atoms with van der Waals surface area (Å²) in [7, 11) is 1.45. The van der Waals surface area contributed by atoms with E-state index in [2.05, 4.69) is 4.98 Å². The minimum Gasteiger partial charge on any atom is -0.480 e. The summed E-state index contributed by atoms with van der Waals surface area (Å²) < 4.78 is 6.26. The maximum absolute atomic E-state index is 12.6. The Morgan fingerprint density at radius 1 is 1.43 bits per heavy atom. The van der Waals surface area contributed by atoms with E-state index < -0.39 is 24.0 Å². The van der Waals surface area contributed by atoms with E-state index in [0.717, 1.165) is 15.5 Å². The molecule has 0 aliphatic carbocycles. The first-order valence-corrected chi connectivity index (χ1v) is 7.66. The monoisotopic (exact) mass is 339 g/mol. The van der Waals surface area contributed by atoms with E-state index in [1.165, 1.54) is 29.0 Å². The van der Waals surface area contributed by atoms with E-state index in [1.807, 2.05) is 6.92 Å². The summed E-state index contributed by atoms with van der Waals surface area (Å²) in [5, 5.41) is 8.94. The zero-order chi connectivity index (χ0) is 17.1. The highest BCUT2D eigenvalue weighted by atomic mass is 32.1. The van der Waals surface area contributed by atoms with Crippen LogP contribution in [0.3, 0.4) is 0 Å². The number of fused-ring (bicyclic) bond motifs is 1. The third-order valence-corrected chi connectivity index (χ3v) is 4.50. The van der Waals surface area contributed by atoms with Gasteiger partial charge in [0.25, 0.3) is 11.5 Å². The SMILES string of the molecule is COCCN(CC(=O)O)C(=O)c1cnc2sc(C)c(C)n2c1=O. The highest BCUT2D eigenvalue weighted by molar-refractivity contribution is 7.17. The van der Waals surface area contributed by atoms with Crippen molar-refractivity contribution in [2.75, 3.05) is 26.8 Å². The van der Waals surface area contributed by atoms with Crippen molar-refractivity contribution in [2.45, 2.75) is 13.8 Å². The number of rotatable bonds is 6. The van der Waals surface area contributed by atoms with Crippen LogP contribution in [-0.4, -0.2) is 58.1 Å². The van der Waals surface area contributed by atoms with Crippen LogP contribution in [0.25, 0.3) is 4.96 Å². The molecule has 2 aromatic heterocycles. The lowest BCUT2D eigenvalue weighted by Gasteiger charge is -2.19. The number of aliphatic carboxylic acids is 1. The van der Waals surface area contributed by atoms with Gasteiger partial charge in [-0.25, -0.2) is 4.98 Å². The Bertz CT molecular complexity index is 811. The normalized spacial score (nSPS) is 10.9. The highest BCUT2D eigenvalue weighted by Crippen LogP contribution is 2.18. The number of amides is 1. The number of aryl methyl sites for hydroxylation is 2. The summed E-state index contributed by atoms with van der Waals surface area (Å²) in [5.74, 6) is -1.83. The molecule has 8 nitrogen and oxygen atoms in total. The Hall–Kier alpha value is -2.26. The predicted octanol–water partition coefficient (Wildman–Crippen LogP) is 0.546. The Morgan fingerprint density at radius 2 is 2.13 bits per heavy atom. The molecule has 0 fully saturated rings. The van der Waals surface area contributed by atoms with Gasteiger partial charge >= 0.3 is 5.97 Å². The van der Waals surface area contributed by atoms with Crippen LogP contribution in [0.1, 0.15) is 20.9 Å². The zero-order valence-corrected chi connectivity index (χ0v) is 13.8. The third kappa shape index (κ3) is 3.40. The quantitative estimate of drug-likeness (QED) is 0.824. The summed E-state index contributed by atoms with van der Waals surface area (Å²) in [6.45, 7) is 3.38. The standard InChI is InChI=1S/C14H17N3O5S/c1-8-9(2)23-14-15-6-10(13(21)17(8)14)12(20)16(4-5-22-3)7-11(18)19/h6H,4-5,7H2,1-3H3,(H,18,19). The van der Waals surface area contributed by atoms with Gasteiger partial charge in [-0.3, -0.25) is 18.8 Å². The number of carboxylic acids is 1. The smallest absolute Gasteiger partial charge is 0.323 e. The summed E-state index contributed by atoms with van der Waals surface area (Å²) in [4.78, 5) is 42.7. The minimum atomic E-state index is -1.16. The zero-order valence-electron chi connectivity index (χ0n) is 13.0. The Kier molecular flexibility index (Phi) is 5.12. The Morgan fingerprint density at radius 3 is 2.74 bits per heavy atom. The van der Waals surface area contributed by atoms with Crippen molar-refractivity contribution in [3.05, 3.63) is 32.7 Å². The van der Waals surface area contributed by atoms with Gasteiger partial charge in [0.15, 0.2) is 4.96 Å². The number of carbonyl (C=O) groups is 2. The van der Waals surface area contributed by atoms with E-state index in [0.29, 0.717) is 4.96 Å². The average molecular weight is 339 g/mol. The van der Waals surface area contributed by atoms with E-state index in [4.69, 9.17) is 9.84 Å². The number of ether oxygens (including phenoxy) is 1. The largest absolute Gasteiger partial charge is 0.480 e. The molecule has 2 heterocycles. The molecule has 1 amide bonds. The molecule has 9 heteroatoms. The van der Waals surface area contributed by atoms with Crippen molar-refractivity contribution >= 4 is 28.2 Å². The fraction of sp³-hybridized carbons (Fsp3) is 0.429. The molecule has 0 aromatic carbocycles. The third-order valence-electron chi connectivity index (χ3n) is 3.43. The molecule has 0 unspecified atom stereocenters. The van der Waals surface area contributed by atoms with E-state index in [1.54, 1.807) is 6.92 Å². The Labute approximate surface area is 135 Å². The van der Waals surface area contributed by atoms with Crippen molar-refractivity contribution in [2.24, 2.45) is 0 Å². The van der Waals surface area contributed by atoms with Gasteiger partial charge in [-0.2, -0.15) is 0 Å². The molecular weight excluding hydrogens is 322 g/mol. The fourth-order valence-electron chi connectivity index (χ4n) is 2.11. The minimum absolute atomic E-state index is 0.0748. The summed E-state index contributed by atoms with van der Waals surface area (Å²) in [6.07, 6.45) is 1.21. The summed E-state index contributed by atoms with van der Waals surface area (Å²) >= 11 is 1.36. The van der Waals surface area contributed by atoms with Crippen molar-refractivity contribution in [1.82, 2.24) is 14.3 Å². The summed E-state index contributed by atoms with van der Waals surface area (Å²) in [6, 6.07) is 0. The van der Waals surface area contributed by atoms with Gasteiger partial charge < -0.3 is 14.7 Å². The van der Waals surface area contributed by atoms with Crippen LogP contribution in [0, 0.1) is 13.8 Å². The average Bonchev–Trinajstić information content (AvgIpc) is 2.78. The van der Waals surface area contributed by atoms with Gasteiger partial charge in [0, 0.05) is 30.4 Å². The lowest BCUT2D eigenvalue weighted by molar-refractivity contribution is -0.137. The summed E-state index contributed by atoms with van der Waals surface area (Å²) in [5.41, 5.74) is 0.0780. The van der Waals surface area contributed by atoms with Gasteiger partial charge in [-0.1, -0.05) is 0 Å². The highest BCUT2D eigenvalue weighted by Gasteiger charge is 2.23. The van der Waals surface area contributed by atoms with Crippen LogP contribution in [-0.2, 0) is 9.53 Å². The van der Waals surface area contributed by atoms with Crippen LogP contribution < -0.4 is 5.56 Å². The molecule has 0 aliphatic rings. The molecule has 0 saturated heterocycles. The van der Waals surface area contributed by atoms with Crippen molar-refractivity contribution in [3.8, 4) is 0 Å². The number of hydrogen-bond donors (Lipinski definition) is 1. The number of carboxylic acid groups (broad SMARTS) is 1. The maximum Gasteiger partial charge on any atom is 0.323 e. The van der Waals surface area contributed by atoms with E-state index >= 15 is 0 Å². The second kappa shape index (κ2) is 6.88. The van der Waals surface area contributed by atoms with Crippen LogP contribution >= 0.6 is 11.3 Å². The molecule has 2 aromatic rings. The van der Waals surface area contributed by atoms with Gasteiger partial charge in [0.2, 0.25) is 0 Å². The fourth-order valence-corrected chi connectivity index (χ4v) is 3.04. The topological polar surface area (TPSA) is 101 Å². The first kappa shape index (κ1) is 17.1. The molecule has 0 spiro atoms. The lowest BCUT2D eigenvalue weighted by Crippen LogP contribution is -2.40. The second-order valence-electron chi connectivity index (χ2n) is 4.95. The Balaban J connectivity index is 2.46. The van der Waals surface area contributed by atoms with Crippen LogP contribution in [0.15, 0.2) is 11.0 Å². The van der Waals surface area contributed by atoms with Crippen molar-refractivity contribution in [1.29, 1.82) is 0 Å². The molecule has 0 radical (unpaired) electrons. The van der Waals surface area contributed by atoms with Gasteiger partial charge in [-0.15, -0.1) is 11.3 Å². The number of carbonyl (C=O) groups excluding carboxylic acids is 1. The number of aromatic nitrogens is 2. The molecule has 0 saturated carbocycles. The van der Waals surface area contributed by atoms with E-state index in [9.17, 15) is 14.4 Å². The molecule has 23 heavy (non-hydrogen) atoms. The van der Waals surface area contributed by atoms with E-state index in [-0.39, 0.29) is 18.7 Å². The van der Waals surface area contributed by atoms with Crippen LogP contribution in [0.2, 0.25) is 0 Å². The van der Waals surface area contributed by atoms with Crippen molar-refractivity contribution in [3.63, 3.8) is 0 Å². The molecular formula is C14H17N3O5S. The molecule has 0 aliphatic heterocycles. The first-order valence-electron chi connectivity index (χ1n) is 6.84. The number of hydrogen-bond acceptors (Lipinski definition) is 6. The molecule has 0 bridgehead atoms. The maximum atomic E-state index is 12.6. The van der Waals surface area contributed by atoms with Crippen LogP contribution in [0.5, 0.6) is 0 Å². The number of nitrogens with zero attached hydrogens (tertiary/aromatic N) is 3. The van der Waals surface area contributed by atoms with Gasteiger partial charge in [0.05, 0.1) is 6.61 Å². The second-order valence-corrected chi connectivity index (χ2v) is 6.13. The molecule has 2 rings (SSSR count). The predicted molar refractivity (Wildman–Crippen MR) is 84.2 cm³/mol. The van der Waals surface area contributed by atoms with Gasteiger partial charge in [0.1, 0.15) is 12.1 Å². The molecule has 0 atom stereocenters. The van der Waals surface area contributed by atoms with Gasteiger partial charge in [-0.05, 0) is 13.8 Å². The molecule has 1 N–H and O–H groups in total. The number of thiazole rings is 1.